The van der Waals surface area contributed by atoms with Crippen LogP contribution in [0.4, 0.5) is 11.4 Å². The lowest BCUT2D eigenvalue weighted by atomic mass is 10.1. The van der Waals surface area contributed by atoms with Crippen LogP contribution >= 0.6 is 0 Å². The van der Waals surface area contributed by atoms with Crippen LogP contribution in [0.1, 0.15) is 12.8 Å². The molecule has 1 aliphatic rings. The van der Waals surface area contributed by atoms with Crippen LogP contribution in [0.25, 0.3) is 0 Å². The predicted octanol–water partition coefficient (Wildman–Crippen LogP) is 3.20. The van der Waals surface area contributed by atoms with E-state index in [4.69, 9.17) is 0 Å². The van der Waals surface area contributed by atoms with Gasteiger partial charge in [0.1, 0.15) is 11.5 Å². The van der Waals surface area contributed by atoms with Crippen molar-refractivity contribution in [1.82, 2.24) is 0 Å². The molecule has 3 rings (SSSR count). The van der Waals surface area contributed by atoms with Gasteiger partial charge in [0.05, 0.1) is 11.4 Å². The van der Waals surface area contributed by atoms with Crippen LogP contribution in [0.15, 0.2) is 48.5 Å². The number of rotatable bonds is 2. The molecule has 0 spiro atoms. The van der Waals surface area contributed by atoms with Crippen molar-refractivity contribution in [1.29, 1.82) is 0 Å². The van der Waals surface area contributed by atoms with Crippen molar-refractivity contribution in [2.24, 2.45) is 0 Å². The van der Waals surface area contributed by atoms with E-state index in [1.54, 1.807) is 12.1 Å². The third-order valence-corrected chi connectivity index (χ3v) is 4.16. The lowest BCUT2D eigenvalue weighted by Crippen LogP contribution is -2.36. The number of phenols is 2. The molecule has 2 aromatic rings. The first-order chi connectivity index (χ1) is 10.8. The van der Waals surface area contributed by atoms with Gasteiger partial charge in [0, 0.05) is 26.2 Å². The molecule has 0 unspecified atom stereocenters. The summed E-state index contributed by atoms with van der Waals surface area (Å²) in [5, 5.41) is 20.0. The van der Waals surface area contributed by atoms with Crippen LogP contribution in [0.5, 0.6) is 11.5 Å². The van der Waals surface area contributed by atoms with Gasteiger partial charge in [-0.25, -0.2) is 0 Å². The summed E-state index contributed by atoms with van der Waals surface area (Å²) in [7, 11) is 0. The number of anilines is 2. The molecule has 0 aliphatic carbocycles. The van der Waals surface area contributed by atoms with Crippen LogP contribution in [0, 0.1) is 0 Å². The number of hydrogen-bond acceptors (Lipinski definition) is 4. The van der Waals surface area contributed by atoms with Gasteiger partial charge in [-0.1, -0.05) is 24.3 Å². The van der Waals surface area contributed by atoms with E-state index in [0.29, 0.717) is 11.5 Å². The van der Waals surface area contributed by atoms with E-state index in [9.17, 15) is 10.2 Å². The molecule has 4 heteroatoms. The van der Waals surface area contributed by atoms with Crippen molar-refractivity contribution in [3.63, 3.8) is 0 Å². The molecule has 0 aromatic heterocycles. The number of phenolic OH excluding ortho intramolecular Hbond substituents is 2. The molecular formula is C18H22N2O2. The lowest BCUT2D eigenvalue weighted by Gasteiger charge is -2.33. The van der Waals surface area contributed by atoms with Crippen LogP contribution in [-0.2, 0) is 0 Å². The molecule has 1 heterocycles. The Bertz CT molecular complexity index is 566. The third-order valence-electron chi connectivity index (χ3n) is 4.16. The summed E-state index contributed by atoms with van der Waals surface area (Å²) in [6.07, 6.45) is 1.98. The average molecular weight is 298 g/mol. The first kappa shape index (κ1) is 14.6. The number of benzene rings is 2. The van der Waals surface area contributed by atoms with Gasteiger partial charge in [-0.3, -0.25) is 0 Å². The average Bonchev–Trinajstić information content (AvgIpc) is 2.49. The van der Waals surface area contributed by atoms with Crippen molar-refractivity contribution in [2.45, 2.75) is 12.8 Å². The summed E-state index contributed by atoms with van der Waals surface area (Å²) < 4.78 is 0. The quantitative estimate of drug-likeness (QED) is 0.894. The Morgan fingerprint density at radius 3 is 1.32 bits per heavy atom. The van der Waals surface area contributed by atoms with Gasteiger partial charge in [0.25, 0.3) is 0 Å². The van der Waals surface area contributed by atoms with Gasteiger partial charge in [0.15, 0.2) is 0 Å². The molecule has 1 aliphatic heterocycles. The van der Waals surface area contributed by atoms with Crippen LogP contribution in [0.2, 0.25) is 0 Å². The minimum atomic E-state index is 0.348. The summed E-state index contributed by atoms with van der Waals surface area (Å²) >= 11 is 0. The first-order valence-corrected chi connectivity index (χ1v) is 7.81. The number of hydrogen-bond donors (Lipinski definition) is 2. The number of para-hydroxylation sites is 4. The van der Waals surface area contributed by atoms with Crippen molar-refractivity contribution in [3.05, 3.63) is 48.5 Å². The normalized spacial score (nSPS) is 16.2. The molecule has 116 valence electrons. The van der Waals surface area contributed by atoms with Gasteiger partial charge in [-0.2, -0.15) is 0 Å². The van der Waals surface area contributed by atoms with Gasteiger partial charge in [-0.15, -0.1) is 0 Å². The molecule has 4 nitrogen and oxygen atoms in total. The molecule has 2 N–H and O–H groups in total. The topological polar surface area (TPSA) is 46.9 Å². The highest BCUT2D eigenvalue weighted by atomic mass is 16.3. The van der Waals surface area contributed by atoms with E-state index in [2.05, 4.69) is 9.80 Å². The summed E-state index contributed by atoms with van der Waals surface area (Å²) in [4.78, 5) is 4.50. The molecule has 1 fully saturated rings. The maximum absolute atomic E-state index is 10.0. The van der Waals surface area contributed by atoms with Crippen LogP contribution in [-0.4, -0.2) is 36.4 Å². The smallest absolute Gasteiger partial charge is 0.138 e. The summed E-state index contributed by atoms with van der Waals surface area (Å²) in [6, 6.07) is 15.0. The van der Waals surface area contributed by atoms with Crippen molar-refractivity contribution < 1.29 is 10.2 Å². The highest BCUT2D eigenvalue weighted by Crippen LogP contribution is 2.30. The fourth-order valence-corrected chi connectivity index (χ4v) is 3.07. The summed E-state index contributed by atoms with van der Waals surface area (Å²) in [5.74, 6) is 0.696. The summed E-state index contributed by atoms with van der Waals surface area (Å²) in [6.45, 7) is 3.62. The molecule has 2 aromatic carbocycles. The van der Waals surface area contributed by atoms with E-state index in [0.717, 1.165) is 50.4 Å². The van der Waals surface area contributed by atoms with Gasteiger partial charge >= 0.3 is 0 Å². The zero-order valence-electron chi connectivity index (χ0n) is 12.7. The SMILES string of the molecule is Oc1ccccc1N1CCCN(c2ccccc2O)CCC1. The number of nitrogens with zero attached hydrogens (tertiary/aromatic N) is 2. The standard InChI is InChI=1S/C18H22N2O2/c21-17-9-3-1-7-15(17)19-11-5-13-20(14-6-12-19)16-8-2-4-10-18(16)22/h1-4,7-10,21-22H,5-6,11-14H2. The molecule has 0 bridgehead atoms. The predicted molar refractivity (Wildman–Crippen MR) is 89.9 cm³/mol. The fourth-order valence-electron chi connectivity index (χ4n) is 3.07. The minimum absolute atomic E-state index is 0.348. The third kappa shape index (κ3) is 3.11. The molecule has 22 heavy (non-hydrogen) atoms. The van der Waals surface area contributed by atoms with Crippen molar-refractivity contribution in [2.75, 3.05) is 36.0 Å². The Hall–Kier alpha value is -2.36. The maximum atomic E-state index is 10.0. The van der Waals surface area contributed by atoms with Gasteiger partial charge in [0.2, 0.25) is 0 Å². The lowest BCUT2D eigenvalue weighted by molar-refractivity contribution is 0.469. The Morgan fingerprint density at radius 1 is 0.591 bits per heavy atom. The monoisotopic (exact) mass is 298 g/mol. The number of aromatic hydroxyl groups is 2. The second-order valence-electron chi connectivity index (χ2n) is 5.66. The molecular weight excluding hydrogens is 276 g/mol. The zero-order chi connectivity index (χ0) is 15.4. The fraction of sp³-hybridized carbons (Fsp3) is 0.333. The Balaban J connectivity index is 1.68. The van der Waals surface area contributed by atoms with Crippen molar-refractivity contribution >= 4 is 11.4 Å². The molecule has 0 atom stereocenters. The van der Waals surface area contributed by atoms with Crippen LogP contribution < -0.4 is 9.80 Å². The molecule has 0 amide bonds. The Kier molecular flexibility index (Phi) is 4.37. The van der Waals surface area contributed by atoms with E-state index in [-0.39, 0.29) is 0 Å². The van der Waals surface area contributed by atoms with Crippen molar-refractivity contribution in [3.8, 4) is 11.5 Å². The highest BCUT2D eigenvalue weighted by Gasteiger charge is 2.17. The highest BCUT2D eigenvalue weighted by molar-refractivity contribution is 5.59. The maximum Gasteiger partial charge on any atom is 0.138 e. The summed E-state index contributed by atoms with van der Waals surface area (Å²) in [5.41, 5.74) is 1.83. The Labute approximate surface area is 131 Å². The molecule has 0 saturated carbocycles. The van der Waals surface area contributed by atoms with Gasteiger partial charge in [-0.05, 0) is 37.1 Å². The van der Waals surface area contributed by atoms with E-state index >= 15 is 0 Å². The molecule has 0 radical (unpaired) electrons. The van der Waals surface area contributed by atoms with Gasteiger partial charge < -0.3 is 20.0 Å². The Morgan fingerprint density at radius 2 is 0.955 bits per heavy atom. The molecule has 1 saturated heterocycles. The zero-order valence-corrected chi connectivity index (χ0v) is 12.7. The second kappa shape index (κ2) is 6.60. The van der Waals surface area contributed by atoms with Crippen LogP contribution in [0.3, 0.4) is 0 Å². The largest absolute Gasteiger partial charge is 0.506 e. The van der Waals surface area contributed by atoms with E-state index < -0.39 is 0 Å². The van der Waals surface area contributed by atoms with E-state index in [1.807, 2.05) is 36.4 Å². The minimum Gasteiger partial charge on any atom is -0.506 e. The van der Waals surface area contributed by atoms with E-state index in [1.165, 1.54) is 0 Å². The first-order valence-electron chi connectivity index (χ1n) is 7.81. The second-order valence-corrected chi connectivity index (χ2v) is 5.66.